The summed E-state index contributed by atoms with van der Waals surface area (Å²) in [5.41, 5.74) is 14.8. The van der Waals surface area contributed by atoms with Crippen LogP contribution in [0.1, 0.15) is 406 Å². The van der Waals surface area contributed by atoms with Crippen molar-refractivity contribution in [2.45, 2.75) is 473 Å². The minimum Gasteiger partial charge on any atom is -0.383 e. The summed E-state index contributed by atoms with van der Waals surface area (Å²) < 4.78 is 0. The molecule has 0 saturated carbocycles. The van der Waals surface area contributed by atoms with E-state index in [2.05, 4.69) is 488 Å². The number of anilines is 1. The Morgan fingerprint density at radius 1 is 0.321 bits per heavy atom. The molecule has 9 heteroatoms. The summed E-state index contributed by atoms with van der Waals surface area (Å²) in [6.07, 6.45) is 19.9. The van der Waals surface area contributed by atoms with Crippen LogP contribution in [0.15, 0.2) is 194 Å². The molecule has 0 radical (unpaired) electrons. The monoisotopic (exact) mass is 1880 g/mol. The number of benzene rings is 7. The van der Waals surface area contributed by atoms with Gasteiger partial charge in [0, 0.05) is 141 Å². The highest BCUT2D eigenvalue weighted by Crippen LogP contribution is 2.44. The standard InChI is InChI=1S/3C16H25N.C16H27N.2C15H23N.C12H19N.2C11H23N/c1-12(2)16-10-15(11-17(16)13(3)4)14-8-6-5-7-9-14;2*1-12(2)15-10-11-16(17(15)13(3)4)14-8-6-5-7-9-14;1-13(2)10-11-16(17-14(3)4)12-15-8-6-5-7-9-15;1-11(2)15-9-13-7-5-6-8-14(13)10-16(15)12(3)4;1-11(2)15-14-8-6-5-7-13(14)9-10-16(15)12(3)4;1-9(2)11-7-5-6-8-12(11)13-10(3)4;1-9(2)11-6-5-7-12(8-11)10(3)4;1-9(2)11-7-5-6-8-12(11)10(3)4/h3*5-9,12-13,15-16H,10-11H2,1-4H3;5-9,13-14,16-17H,10-12H2,1-4H3;2*5-8,11-12,15H,9-10H2,1-4H3;5-10,13H,1-4H3;2*9-11H,5-8H2,1-4H3/t15-,16?;15-,16+;;16-;2*15-;;;11-/m11.010..1/s1. The first-order valence-corrected chi connectivity index (χ1v) is 56.2. The number of nitrogens with one attached hydrogen (secondary N) is 2. The average Bonchev–Trinajstić information content (AvgIpc) is 0.974. The third-order valence-corrected chi connectivity index (χ3v) is 30.8. The summed E-state index contributed by atoms with van der Waals surface area (Å²) in [6.45, 7) is 90.7. The summed E-state index contributed by atoms with van der Waals surface area (Å²) >= 11 is 0. The van der Waals surface area contributed by atoms with Gasteiger partial charge in [0.1, 0.15) is 0 Å². The summed E-state index contributed by atoms with van der Waals surface area (Å²) in [5.74, 6) is 8.43. The molecule has 14 rings (SSSR count). The third-order valence-electron chi connectivity index (χ3n) is 30.8. The highest BCUT2D eigenvalue weighted by Gasteiger charge is 2.41. The lowest BCUT2D eigenvalue weighted by molar-refractivity contribution is 0.0808. The predicted molar refractivity (Wildman–Crippen MR) is 605 cm³/mol. The Morgan fingerprint density at radius 2 is 0.781 bits per heavy atom. The van der Waals surface area contributed by atoms with Crippen LogP contribution in [-0.4, -0.2) is 158 Å². The van der Waals surface area contributed by atoms with Crippen LogP contribution in [0.2, 0.25) is 0 Å². The minimum absolute atomic E-state index is 0.500. The highest BCUT2D eigenvalue weighted by atomic mass is 15.3. The molecule has 0 bridgehead atoms. The maximum absolute atomic E-state index is 3.68. The summed E-state index contributed by atoms with van der Waals surface area (Å²) in [4.78, 5) is 18.7. The first kappa shape index (κ1) is 120. The molecule has 137 heavy (non-hydrogen) atoms. The number of likely N-dealkylation sites (tertiary alicyclic amines) is 5. The number of hydrogen-bond donors (Lipinski definition) is 2. The maximum Gasteiger partial charge on any atom is 0.0377 e. The molecule has 770 valence electrons. The Kier molecular flexibility index (Phi) is 54.1. The van der Waals surface area contributed by atoms with Crippen LogP contribution in [0.4, 0.5) is 5.69 Å². The van der Waals surface area contributed by atoms with E-state index < -0.39 is 0 Å². The van der Waals surface area contributed by atoms with Gasteiger partial charge in [0.15, 0.2) is 0 Å². The molecular weight excluding hydrogens is 1660 g/mol. The summed E-state index contributed by atoms with van der Waals surface area (Å²) in [5, 5.41) is 7.14. The van der Waals surface area contributed by atoms with E-state index in [9.17, 15) is 0 Å². The van der Waals surface area contributed by atoms with Gasteiger partial charge in [-0.3, -0.25) is 29.4 Å². The first-order chi connectivity index (χ1) is 64.9. The molecule has 0 amide bonds. The smallest absolute Gasteiger partial charge is 0.0377 e. The quantitative estimate of drug-likeness (QED) is 0.0524. The Labute approximate surface area is 848 Å². The molecule has 9 nitrogen and oxygen atoms in total. The van der Waals surface area contributed by atoms with E-state index in [0.29, 0.717) is 84.3 Å². The second kappa shape index (κ2) is 61.9. The second-order valence-electron chi connectivity index (χ2n) is 47.8. The molecule has 7 heterocycles. The van der Waals surface area contributed by atoms with Crippen molar-refractivity contribution in [1.29, 1.82) is 0 Å². The molecule has 5 fully saturated rings. The Balaban J connectivity index is 0.000000237. The van der Waals surface area contributed by atoms with Crippen LogP contribution in [-0.2, 0) is 25.8 Å². The fourth-order valence-corrected chi connectivity index (χ4v) is 23.4. The van der Waals surface area contributed by atoms with Crippen molar-refractivity contribution in [3.63, 3.8) is 0 Å². The zero-order valence-corrected chi connectivity index (χ0v) is 95.2. The van der Waals surface area contributed by atoms with E-state index in [1.165, 1.54) is 162 Å². The van der Waals surface area contributed by atoms with Crippen molar-refractivity contribution in [3.8, 4) is 0 Å². The second-order valence-corrected chi connectivity index (χ2v) is 47.8. The molecule has 4 unspecified atom stereocenters. The molecule has 0 aromatic heterocycles. The molecule has 11 atom stereocenters. The van der Waals surface area contributed by atoms with Crippen LogP contribution in [0.5, 0.6) is 0 Å². The largest absolute Gasteiger partial charge is 0.383 e. The highest BCUT2D eigenvalue weighted by molar-refractivity contribution is 5.53. The Bertz CT molecular complexity index is 4060. The Hall–Kier alpha value is -5.98. The van der Waals surface area contributed by atoms with Crippen molar-refractivity contribution in [3.05, 3.63) is 244 Å². The van der Waals surface area contributed by atoms with Gasteiger partial charge in [-0.2, -0.15) is 0 Å². The van der Waals surface area contributed by atoms with Crippen molar-refractivity contribution in [2.75, 3.05) is 38.0 Å². The van der Waals surface area contributed by atoms with Gasteiger partial charge >= 0.3 is 0 Å². The van der Waals surface area contributed by atoms with E-state index in [-0.39, 0.29) is 0 Å². The van der Waals surface area contributed by atoms with Gasteiger partial charge < -0.3 is 15.5 Å². The van der Waals surface area contributed by atoms with Gasteiger partial charge in [-0.15, -0.1) is 0 Å². The lowest BCUT2D eigenvalue weighted by atomic mass is 9.85. The van der Waals surface area contributed by atoms with E-state index >= 15 is 0 Å². The van der Waals surface area contributed by atoms with E-state index in [4.69, 9.17) is 0 Å². The van der Waals surface area contributed by atoms with Gasteiger partial charge in [0.2, 0.25) is 0 Å². The zero-order chi connectivity index (χ0) is 101. The van der Waals surface area contributed by atoms with Crippen LogP contribution in [0, 0.1) is 53.3 Å². The number of hydrogen-bond acceptors (Lipinski definition) is 9. The van der Waals surface area contributed by atoms with Gasteiger partial charge in [-0.25, -0.2) is 0 Å². The number of para-hydroxylation sites is 1. The molecule has 7 aliphatic heterocycles. The van der Waals surface area contributed by atoms with E-state index in [1.54, 1.807) is 16.7 Å². The first-order valence-electron chi connectivity index (χ1n) is 56.2. The van der Waals surface area contributed by atoms with Gasteiger partial charge in [-0.05, 0) is 335 Å². The predicted octanol–water partition coefficient (Wildman–Crippen LogP) is 32.9. The zero-order valence-electron chi connectivity index (χ0n) is 95.2. The molecular formula is C128H213N9. The van der Waals surface area contributed by atoms with Crippen LogP contribution in [0.25, 0.3) is 0 Å². The molecule has 2 N–H and O–H groups in total. The lowest BCUT2D eigenvalue weighted by Crippen LogP contribution is -2.47. The summed E-state index contributed by atoms with van der Waals surface area (Å²) in [7, 11) is 0. The van der Waals surface area contributed by atoms with Crippen molar-refractivity contribution >= 4 is 5.69 Å². The SMILES string of the molecule is CC(C)C1CCC(c2ccccc2)N1C(C)C.CC(C)C1CCCN(C(C)C)C1.CC(C)C1C[C@@H](c2ccccc2)CN1C(C)C.CC(C)CC[C@@H](Cc1ccccc1)NC(C)C.CC(C)Nc1ccccc1C(C)C.CC(C)[C@H]1CCCCN1C(C)C.CC(C)[C@H]1CC[C@@H](c2ccccc2)N1C(C)C.CC(C)[C@H]1Cc2ccccc2CN1C(C)C.CC(C)[C@H]1c2ccccc2CCN1C(C)C. The molecule has 5 saturated heterocycles. The molecule has 0 aliphatic carbocycles. The molecule has 0 spiro atoms. The summed E-state index contributed by atoms with van der Waals surface area (Å²) in [6, 6.07) is 82.2. The van der Waals surface area contributed by atoms with E-state index in [1.807, 2.05) is 0 Å². The normalized spacial score (nSPS) is 22.1. The lowest BCUT2D eigenvalue weighted by Gasteiger charge is -2.42. The number of piperidine rings is 2. The van der Waals surface area contributed by atoms with Crippen molar-refractivity contribution in [1.82, 2.24) is 39.6 Å². The van der Waals surface area contributed by atoms with Crippen molar-refractivity contribution < 1.29 is 0 Å². The van der Waals surface area contributed by atoms with Gasteiger partial charge in [0.05, 0.1) is 0 Å². The van der Waals surface area contributed by atoms with Crippen LogP contribution >= 0.6 is 0 Å². The fourth-order valence-electron chi connectivity index (χ4n) is 23.4. The van der Waals surface area contributed by atoms with Gasteiger partial charge in [0.25, 0.3) is 0 Å². The maximum atomic E-state index is 3.68. The van der Waals surface area contributed by atoms with Gasteiger partial charge in [-0.1, -0.05) is 333 Å². The fraction of sp³-hybridized carbons (Fsp3) is 0.672. The van der Waals surface area contributed by atoms with Crippen LogP contribution < -0.4 is 10.6 Å². The minimum atomic E-state index is 0.500. The molecule has 7 aromatic rings. The van der Waals surface area contributed by atoms with Crippen LogP contribution in [0.3, 0.4) is 0 Å². The van der Waals surface area contributed by atoms with E-state index in [0.717, 1.165) is 102 Å². The number of fused-ring (bicyclic) bond motifs is 2. The third kappa shape index (κ3) is 39.6. The number of nitrogens with zero attached hydrogens (tertiary/aromatic N) is 7. The van der Waals surface area contributed by atoms with Crippen molar-refractivity contribution in [2.24, 2.45) is 53.3 Å². The number of rotatable bonds is 27. The topological polar surface area (TPSA) is 46.7 Å². The molecule has 7 aromatic carbocycles. The Morgan fingerprint density at radius 3 is 1.21 bits per heavy atom. The molecule has 7 aliphatic rings. The average molecular weight is 1880 g/mol.